The van der Waals surface area contributed by atoms with Gasteiger partial charge in [0.15, 0.2) is 0 Å². The van der Waals surface area contributed by atoms with Crippen molar-refractivity contribution in [3.63, 3.8) is 0 Å². The number of anilines is 1. The van der Waals surface area contributed by atoms with Gasteiger partial charge >= 0.3 is 0 Å². The second kappa shape index (κ2) is 3.95. The highest BCUT2D eigenvalue weighted by atomic mass is 19.1. The van der Waals surface area contributed by atoms with Crippen LogP contribution in [0.4, 0.5) is 10.1 Å². The van der Waals surface area contributed by atoms with E-state index in [1.165, 1.54) is 35.1 Å². The molecule has 0 saturated heterocycles. The monoisotopic (exact) mass is 245 g/mol. The van der Waals surface area contributed by atoms with E-state index in [0.717, 1.165) is 0 Å². The van der Waals surface area contributed by atoms with Crippen molar-refractivity contribution in [3.05, 3.63) is 48.6 Å². The molecule has 7 heteroatoms. The number of aromatic nitrogens is 4. The molecule has 3 heterocycles. The lowest BCUT2D eigenvalue weighted by molar-refractivity contribution is 0.101. The highest BCUT2D eigenvalue weighted by Crippen LogP contribution is 2.12. The Hall–Kier alpha value is -2.70. The fraction of sp³-hybridized carbons (Fsp3) is 0. The highest BCUT2D eigenvalue weighted by Gasteiger charge is 2.14. The molecular formula is C11H8FN5O. The zero-order chi connectivity index (χ0) is 12.5. The quantitative estimate of drug-likeness (QED) is 0.717. The molecule has 1 amide bonds. The zero-order valence-corrected chi connectivity index (χ0v) is 9.09. The van der Waals surface area contributed by atoms with E-state index in [0.29, 0.717) is 5.69 Å². The Morgan fingerprint density at radius 2 is 2.33 bits per heavy atom. The molecule has 0 aromatic carbocycles. The maximum Gasteiger partial charge on any atom is 0.292 e. The molecule has 0 radical (unpaired) electrons. The topological polar surface area (TPSA) is 75.1 Å². The van der Waals surface area contributed by atoms with Gasteiger partial charge in [-0.25, -0.2) is 9.37 Å². The number of halogens is 1. The second-order valence-corrected chi connectivity index (χ2v) is 3.63. The number of nitrogens with zero attached hydrogens (tertiary/aromatic N) is 3. The van der Waals surface area contributed by atoms with Crippen LogP contribution in [0.2, 0.25) is 0 Å². The fourth-order valence-corrected chi connectivity index (χ4v) is 1.66. The average molecular weight is 245 g/mol. The minimum atomic E-state index is -0.429. The molecule has 0 saturated carbocycles. The van der Waals surface area contributed by atoms with Crippen LogP contribution < -0.4 is 5.32 Å². The Morgan fingerprint density at radius 1 is 1.44 bits per heavy atom. The summed E-state index contributed by atoms with van der Waals surface area (Å²) < 4.78 is 14.8. The molecular weight excluding hydrogens is 237 g/mol. The van der Waals surface area contributed by atoms with Gasteiger partial charge in [0.1, 0.15) is 11.3 Å². The highest BCUT2D eigenvalue weighted by molar-refractivity contribution is 6.02. The predicted molar refractivity (Wildman–Crippen MR) is 61.7 cm³/mol. The number of pyridine rings is 1. The lowest BCUT2D eigenvalue weighted by atomic mass is 10.4. The van der Waals surface area contributed by atoms with Gasteiger partial charge in [-0.3, -0.25) is 14.3 Å². The number of fused-ring (bicyclic) bond motifs is 1. The lowest BCUT2D eigenvalue weighted by Gasteiger charge is -2.01. The molecule has 0 bridgehead atoms. The molecule has 0 atom stereocenters. The summed E-state index contributed by atoms with van der Waals surface area (Å²) >= 11 is 0. The maximum atomic E-state index is 13.4. The molecule has 0 unspecified atom stereocenters. The number of aromatic amines is 1. The van der Waals surface area contributed by atoms with Crippen LogP contribution in [0.5, 0.6) is 0 Å². The fourth-order valence-electron chi connectivity index (χ4n) is 1.66. The van der Waals surface area contributed by atoms with Gasteiger partial charge in [-0.05, 0) is 12.1 Å². The van der Waals surface area contributed by atoms with Crippen LogP contribution in [-0.2, 0) is 0 Å². The van der Waals surface area contributed by atoms with Crippen molar-refractivity contribution in [1.82, 2.24) is 19.6 Å². The first-order valence-electron chi connectivity index (χ1n) is 5.17. The van der Waals surface area contributed by atoms with Crippen molar-refractivity contribution in [2.24, 2.45) is 0 Å². The summed E-state index contributed by atoms with van der Waals surface area (Å²) in [6, 6.07) is 2.83. The number of rotatable bonds is 2. The SMILES string of the molecule is O=C(Nc1cn[nH]c1)c1ncc2c(F)cccn12. The first-order valence-corrected chi connectivity index (χ1v) is 5.17. The summed E-state index contributed by atoms with van der Waals surface area (Å²) in [5, 5.41) is 8.88. The summed E-state index contributed by atoms with van der Waals surface area (Å²) in [5.74, 6) is -0.736. The van der Waals surface area contributed by atoms with Gasteiger partial charge < -0.3 is 5.32 Å². The third-order valence-corrected chi connectivity index (χ3v) is 2.48. The largest absolute Gasteiger partial charge is 0.317 e. The van der Waals surface area contributed by atoms with Gasteiger partial charge in [0.25, 0.3) is 5.91 Å². The van der Waals surface area contributed by atoms with Crippen molar-refractivity contribution < 1.29 is 9.18 Å². The van der Waals surface area contributed by atoms with Gasteiger partial charge in [0.05, 0.1) is 18.1 Å². The average Bonchev–Trinajstić information content (AvgIpc) is 2.98. The normalized spacial score (nSPS) is 10.7. The Bertz CT molecular complexity index is 703. The summed E-state index contributed by atoms with van der Waals surface area (Å²) in [6.45, 7) is 0. The number of nitrogens with one attached hydrogen (secondary N) is 2. The number of H-pyrrole nitrogens is 1. The minimum absolute atomic E-state index is 0.116. The van der Waals surface area contributed by atoms with Crippen molar-refractivity contribution in [1.29, 1.82) is 0 Å². The molecule has 18 heavy (non-hydrogen) atoms. The number of carbonyl (C=O) groups is 1. The standard InChI is InChI=1S/C11H8FN5O/c12-8-2-1-3-17-9(8)6-13-10(17)11(18)16-7-4-14-15-5-7/h1-6H,(H,14,15)(H,16,18). The van der Waals surface area contributed by atoms with Crippen LogP contribution in [0, 0.1) is 5.82 Å². The van der Waals surface area contributed by atoms with Gasteiger partial charge in [-0.2, -0.15) is 5.10 Å². The van der Waals surface area contributed by atoms with Crippen LogP contribution in [-0.4, -0.2) is 25.5 Å². The number of carbonyl (C=O) groups excluding carboxylic acids is 1. The number of amides is 1. The smallest absolute Gasteiger partial charge is 0.292 e. The third-order valence-electron chi connectivity index (χ3n) is 2.48. The van der Waals surface area contributed by atoms with Crippen molar-refractivity contribution in [2.75, 3.05) is 5.32 Å². The Morgan fingerprint density at radius 3 is 3.11 bits per heavy atom. The Kier molecular flexibility index (Phi) is 2.30. The maximum absolute atomic E-state index is 13.4. The molecule has 3 aromatic rings. The summed E-state index contributed by atoms with van der Waals surface area (Å²) in [7, 11) is 0. The van der Waals surface area contributed by atoms with Crippen LogP contribution in [0.25, 0.3) is 5.52 Å². The van der Waals surface area contributed by atoms with E-state index in [9.17, 15) is 9.18 Å². The van der Waals surface area contributed by atoms with E-state index in [2.05, 4.69) is 20.5 Å². The zero-order valence-electron chi connectivity index (χ0n) is 9.09. The van der Waals surface area contributed by atoms with Gasteiger partial charge in [0.2, 0.25) is 5.82 Å². The van der Waals surface area contributed by atoms with Gasteiger partial charge in [-0.1, -0.05) is 0 Å². The first-order chi connectivity index (χ1) is 8.75. The third kappa shape index (κ3) is 1.61. The first kappa shape index (κ1) is 10.5. The molecule has 0 fully saturated rings. The summed E-state index contributed by atoms with van der Waals surface area (Å²) in [4.78, 5) is 15.9. The van der Waals surface area contributed by atoms with E-state index in [1.807, 2.05) is 0 Å². The van der Waals surface area contributed by atoms with Crippen LogP contribution in [0.15, 0.2) is 36.9 Å². The van der Waals surface area contributed by atoms with E-state index in [1.54, 1.807) is 6.20 Å². The molecule has 0 aliphatic carbocycles. The van der Waals surface area contributed by atoms with E-state index in [-0.39, 0.29) is 11.3 Å². The number of hydrogen-bond acceptors (Lipinski definition) is 3. The van der Waals surface area contributed by atoms with Crippen molar-refractivity contribution in [2.45, 2.75) is 0 Å². The number of imidazole rings is 1. The Labute approximate surface area is 100 Å². The molecule has 3 rings (SSSR count). The Balaban J connectivity index is 1.99. The van der Waals surface area contributed by atoms with Crippen molar-refractivity contribution >= 4 is 17.1 Å². The minimum Gasteiger partial charge on any atom is -0.317 e. The molecule has 0 spiro atoms. The summed E-state index contributed by atoms with van der Waals surface area (Å²) in [6.07, 6.45) is 5.90. The van der Waals surface area contributed by atoms with E-state index < -0.39 is 11.7 Å². The van der Waals surface area contributed by atoms with Gasteiger partial charge in [-0.15, -0.1) is 0 Å². The second-order valence-electron chi connectivity index (χ2n) is 3.63. The molecule has 6 nitrogen and oxygen atoms in total. The molecule has 2 N–H and O–H groups in total. The van der Waals surface area contributed by atoms with E-state index in [4.69, 9.17) is 0 Å². The van der Waals surface area contributed by atoms with Crippen LogP contribution >= 0.6 is 0 Å². The molecule has 90 valence electrons. The van der Waals surface area contributed by atoms with Crippen molar-refractivity contribution in [3.8, 4) is 0 Å². The summed E-state index contributed by atoms with van der Waals surface area (Å²) in [5.41, 5.74) is 0.781. The molecule has 0 aliphatic rings. The number of hydrogen-bond donors (Lipinski definition) is 2. The van der Waals surface area contributed by atoms with Crippen LogP contribution in [0.1, 0.15) is 10.6 Å². The molecule has 3 aromatic heterocycles. The predicted octanol–water partition coefficient (Wildman–Crippen LogP) is 1.45. The van der Waals surface area contributed by atoms with Crippen LogP contribution in [0.3, 0.4) is 0 Å². The molecule has 0 aliphatic heterocycles. The van der Waals surface area contributed by atoms with Gasteiger partial charge in [0, 0.05) is 12.4 Å². The lowest BCUT2D eigenvalue weighted by Crippen LogP contribution is -2.15. The van der Waals surface area contributed by atoms with E-state index >= 15 is 0 Å².